The van der Waals surface area contributed by atoms with Crippen molar-refractivity contribution in [1.82, 2.24) is 4.90 Å². The van der Waals surface area contributed by atoms with Gasteiger partial charge < -0.3 is 20.1 Å². The van der Waals surface area contributed by atoms with Gasteiger partial charge in [-0.1, -0.05) is 30.0 Å². The maximum Gasteiger partial charge on any atom is 0.161 e. The molecule has 0 saturated carbocycles. The lowest BCUT2D eigenvalue weighted by Crippen LogP contribution is -2.46. The summed E-state index contributed by atoms with van der Waals surface area (Å²) in [5.74, 6) is 2.42. The van der Waals surface area contributed by atoms with Crippen LogP contribution in [0.1, 0.15) is 18.4 Å². The first-order chi connectivity index (χ1) is 14.2. The molecule has 1 fully saturated rings. The summed E-state index contributed by atoms with van der Waals surface area (Å²) in [6.45, 7) is 6.99. The molecular weight excluding hydrogens is 382 g/mol. The largest absolute Gasteiger partial charge is 0.486 e. The second-order valence-corrected chi connectivity index (χ2v) is 9.53. The quantitative estimate of drug-likeness (QED) is 0.828. The smallest absolute Gasteiger partial charge is 0.161 e. The van der Waals surface area contributed by atoms with Gasteiger partial charge in [-0.15, -0.1) is 0 Å². The molecule has 5 nitrogen and oxygen atoms in total. The predicted molar refractivity (Wildman–Crippen MR) is 118 cm³/mol. The molecule has 2 unspecified atom stereocenters. The monoisotopic (exact) mass is 411 g/mol. The lowest BCUT2D eigenvalue weighted by atomic mass is 9.95. The average Bonchev–Trinajstić information content (AvgIpc) is 3.03. The minimum Gasteiger partial charge on any atom is -0.486 e. The number of para-hydroxylation sites is 2. The Morgan fingerprint density at radius 1 is 1.07 bits per heavy atom. The van der Waals surface area contributed by atoms with Crippen LogP contribution in [0.2, 0.25) is 0 Å². The molecule has 3 heterocycles. The SMILES string of the molecule is Cc1ccc2c(c1)SC(N)N2CC1CCN(CC2COc3ccccc3O2)CC1. The first-order valence-electron chi connectivity index (χ1n) is 10.6. The molecular formula is C23H29N3O2S. The van der Waals surface area contributed by atoms with Crippen LogP contribution in [0.15, 0.2) is 47.4 Å². The van der Waals surface area contributed by atoms with Gasteiger partial charge in [0.1, 0.15) is 18.2 Å². The number of rotatable bonds is 4. The van der Waals surface area contributed by atoms with Gasteiger partial charge in [0.25, 0.3) is 0 Å². The van der Waals surface area contributed by atoms with E-state index in [2.05, 4.69) is 34.9 Å². The molecule has 0 radical (unpaired) electrons. The second-order valence-electron chi connectivity index (χ2n) is 8.37. The van der Waals surface area contributed by atoms with Gasteiger partial charge in [0.05, 0.1) is 5.69 Å². The molecule has 2 aromatic carbocycles. The Balaban J connectivity index is 1.13. The highest BCUT2D eigenvalue weighted by molar-refractivity contribution is 8.00. The summed E-state index contributed by atoms with van der Waals surface area (Å²) in [6.07, 6.45) is 2.53. The summed E-state index contributed by atoms with van der Waals surface area (Å²) in [6, 6.07) is 14.6. The number of hydrogen-bond acceptors (Lipinski definition) is 6. The van der Waals surface area contributed by atoms with E-state index in [4.69, 9.17) is 15.2 Å². The molecule has 0 amide bonds. The molecule has 0 spiro atoms. The molecule has 1 saturated heterocycles. The van der Waals surface area contributed by atoms with Gasteiger partial charge in [0.2, 0.25) is 0 Å². The van der Waals surface area contributed by atoms with E-state index in [0.717, 1.165) is 37.7 Å². The zero-order valence-corrected chi connectivity index (χ0v) is 17.7. The lowest BCUT2D eigenvalue weighted by Gasteiger charge is -2.37. The normalized spacial score (nSPS) is 24.6. The van der Waals surface area contributed by atoms with Gasteiger partial charge >= 0.3 is 0 Å². The van der Waals surface area contributed by atoms with Crippen molar-refractivity contribution in [2.45, 2.75) is 36.3 Å². The van der Waals surface area contributed by atoms with Gasteiger partial charge in [-0.2, -0.15) is 0 Å². The van der Waals surface area contributed by atoms with Gasteiger partial charge in [-0.25, -0.2) is 0 Å². The van der Waals surface area contributed by atoms with Crippen LogP contribution in [0.5, 0.6) is 11.5 Å². The molecule has 29 heavy (non-hydrogen) atoms. The third kappa shape index (κ3) is 4.06. The Morgan fingerprint density at radius 2 is 1.86 bits per heavy atom. The number of ether oxygens (including phenoxy) is 2. The van der Waals surface area contributed by atoms with E-state index in [9.17, 15) is 0 Å². The number of nitrogens with two attached hydrogens (primary N) is 1. The predicted octanol–water partition coefficient (Wildman–Crippen LogP) is 3.70. The highest BCUT2D eigenvalue weighted by atomic mass is 32.2. The molecule has 0 aromatic heterocycles. The van der Waals surface area contributed by atoms with Crippen molar-refractivity contribution in [2.75, 3.05) is 37.7 Å². The van der Waals surface area contributed by atoms with Gasteiger partial charge in [-0.05, 0) is 68.6 Å². The van der Waals surface area contributed by atoms with Gasteiger partial charge in [0.15, 0.2) is 11.5 Å². The number of piperidine rings is 1. The molecule has 3 aliphatic heterocycles. The number of likely N-dealkylation sites (tertiary alicyclic amines) is 1. The van der Waals surface area contributed by atoms with Crippen LogP contribution >= 0.6 is 11.8 Å². The van der Waals surface area contributed by atoms with Crippen molar-refractivity contribution in [2.24, 2.45) is 11.7 Å². The number of anilines is 1. The minimum absolute atomic E-state index is 0.0395. The van der Waals surface area contributed by atoms with E-state index in [0.29, 0.717) is 12.5 Å². The Morgan fingerprint density at radius 3 is 2.69 bits per heavy atom. The highest BCUT2D eigenvalue weighted by Gasteiger charge is 2.31. The van der Waals surface area contributed by atoms with Crippen molar-refractivity contribution >= 4 is 17.4 Å². The Kier molecular flexibility index (Phi) is 5.33. The maximum atomic E-state index is 6.43. The molecule has 6 heteroatoms. The van der Waals surface area contributed by atoms with Crippen LogP contribution in [-0.2, 0) is 0 Å². The number of thioether (sulfide) groups is 1. The topological polar surface area (TPSA) is 51.0 Å². The molecule has 154 valence electrons. The third-order valence-corrected chi connectivity index (χ3v) is 7.25. The van der Waals surface area contributed by atoms with Crippen LogP contribution in [-0.4, -0.2) is 49.3 Å². The Labute approximate surface area is 177 Å². The van der Waals surface area contributed by atoms with E-state index < -0.39 is 0 Å². The summed E-state index contributed by atoms with van der Waals surface area (Å²) >= 11 is 1.78. The third-order valence-electron chi connectivity index (χ3n) is 6.17. The molecule has 5 rings (SSSR count). The first kappa shape index (κ1) is 19.1. The fraction of sp³-hybridized carbons (Fsp3) is 0.478. The molecule has 2 N–H and O–H groups in total. The molecule has 0 aliphatic carbocycles. The molecule has 2 aromatic rings. The number of nitrogens with zero attached hydrogens (tertiary/aromatic N) is 2. The summed E-state index contributed by atoms with van der Waals surface area (Å²) < 4.78 is 12.0. The standard InChI is InChI=1S/C23H29N3O2S/c1-16-6-7-19-22(12-16)29-23(24)26(19)13-17-8-10-25(11-9-17)14-18-15-27-20-4-2-3-5-21(20)28-18/h2-7,12,17-18,23H,8-11,13-15,24H2,1H3. The van der Waals surface area contributed by atoms with Crippen molar-refractivity contribution in [3.8, 4) is 11.5 Å². The minimum atomic E-state index is 0.0395. The fourth-order valence-corrected chi connectivity index (χ4v) is 5.70. The highest BCUT2D eigenvalue weighted by Crippen LogP contribution is 2.42. The van der Waals surface area contributed by atoms with Gasteiger partial charge in [-0.3, -0.25) is 4.90 Å². The van der Waals surface area contributed by atoms with Crippen LogP contribution in [0, 0.1) is 12.8 Å². The van der Waals surface area contributed by atoms with Crippen molar-refractivity contribution in [1.29, 1.82) is 0 Å². The maximum absolute atomic E-state index is 6.43. The zero-order valence-electron chi connectivity index (χ0n) is 16.9. The van der Waals surface area contributed by atoms with Crippen LogP contribution in [0.4, 0.5) is 5.69 Å². The molecule has 3 aliphatic rings. The van der Waals surface area contributed by atoms with Crippen molar-refractivity contribution < 1.29 is 9.47 Å². The number of fused-ring (bicyclic) bond motifs is 2. The van der Waals surface area contributed by atoms with E-state index in [-0.39, 0.29) is 11.6 Å². The van der Waals surface area contributed by atoms with Crippen molar-refractivity contribution in [3.63, 3.8) is 0 Å². The van der Waals surface area contributed by atoms with Gasteiger partial charge in [0, 0.05) is 18.0 Å². The van der Waals surface area contributed by atoms with E-state index in [1.165, 1.54) is 29.0 Å². The number of benzene rings is 2. The van der Waals surface area contributed by atoms with E-state index in [1.54, 1.807) is 11.8 Å². The summed E-state index contributed by atoms with van der Waals surface area (Å²) in [5.41, 5.74) is 9.08. The van der Waals surface area contributed by atoms with Crippen LogP contribution in [0.3, 0.4) is 0 Å². The zero-order chi connectivity index (χ0) is 19.8. The summed E-state index contributed by atoms with van der Waals surface area (Å²) in [4.78, 5) is 6.24. The molecule has 0 bridgehead atoms. The lowest BCUT2D eigenvalue weighted by molar-refractivity contribution is 0.0481. The van der Waals surface area contributed by atoms with E-state index in [1.807, 2.05) is 24.3 Å². The summed E-state index contributed by atoms with van der Waals surface area (Å²) in [5, 5.41) is 0. The van der Waals surface area contributed by atoms with E-state index >= 15 is 0 Å². The first-order valence-corrected chi connectivity index (χ1v) is 11.4. The van der Waals surface area contributed by atoms with Crippen molar-refractivity contribution in [3.05, 3.63) is 48.0 Å². The fourth-order valence-electron chi connectivity index (χ4n) is 4.56. The average molecular weight is 412 g/mol. The van der Waals surface area contributed by atoms with Crippen LogP contribution < -0.4 is 20.1 Å². The summed E-state index contributed by atoms with van der Waals surface area (Å²) in [7, 11) is 0. The van der Waals surface area contributed by atoms with Crippen LogP contribution in [0.25, 0.3) is 0 Å². The number of hydrogen-bond donors (Lipinski definition) is 1. The Hall–Kier alpha value is -1.89. The molecule has 2 atom stereocenters. The Bertz CT molecular complexity index is 869. The number of aryl methyl sites for hydroxylation is 1. The second kappa shape index (κ2) is 8.09.